The van der Waals surface area contributed by atoms with Crippen molar-refractivity contribution in [3.8, 4) is 11.5 Å². The molecule has 2 N–H and O–H groups in total. The Bertz CT molecular complexity index is 960. The average Bonchev–Trinajstić information content (AvgIpc) is 2.92. The van der Waals surface area contributed by atoms with Crippen molar-refractivity contribution in [1.29, 1.82) is 0 Å². The molecular weight excluding hydrogens is 588 g/mol. The van der Waals surface area contributed by atoms with Gasteiger partial charge in [0.05, 0.1) is 14.2 Å². The first-order valence-electron chi connectivity index (χ1n) is 10.2. The van der Waals surface area contributed by atoms with Gasteiger partial charge in [0, 0.05) is 11.5 Å². The van der Waals surface area contributed by atoms with Gasteiger partial charge < -0.3 is 15.2 Å². The van der Waals surface area contributed by atoms with Crippen LogP contribution in [-0.4, -0.2) is 14.2 Å². The topological polar surface area (TPSA) is 44.5 Å². The zero-order chi connectivity index (χ0) is 23.9. The van der Waals surface area contributed by atoms with E-state index in [4.69, 9.17) is 15.2 Å². The van der Waals surface area contributed by atoms with Crippen LogP contribution in [0.5, 0.6) is 11.5 Å². The van der Waals surface area contributed by atoms with Crippen molar-refractivity contribution in [2.45, 2.75) is 6.54 Å². The van der Waals surface area contributed by atoms with Crippen LogP contribution in [0.2, 0.25) is 0 Å². The van der Waals surface area contributed by atoms with Gasteiger partial charge in [-0.3, -0.25) is 0 Å². The first kappa shape index (κ1) is 27.3. The van der Waals surface area contributed by atoms with Crippen LogP contribution in [0.3, 0.4) is 0 Å². The van der Waals surface area contributed by atoms with E-state index in [-0.39, 0.29) is 0 Å². The number of hydrogen-bond acceptors (Lipinski definition) is 3. The smallest absolute Gasteiger partial charge is 0.0134 e. The van der Waals surface area contributed by atoms with Crippen LogP contribution >= 0.6 is 21.4 Å². The molecule has 0 fully saturated rings. The molecule has 0 aliphatic rings. The normalized spacial score (nSPS) is 9.79. The third-order valence-corrected chi connectivity index (χ3v) is 7.11. The van der Waals surface area contributed by atoms with Gasteiger partial charge in [0.1, 0.15) is 0 Å². The van der Waals surface area contributed by atoms with Gasteiger partial charge in [-0.05, 0) is 30.4 Å². The van der Waals surface area contributed by atoms with Crippen LogP contribution < -0.4 is 31.1 Å². The fourth-order valence-corrected chi connectivity index (χ4v) is 5.43. The SMILES string of the molecule is COc1[c-]cc(CN)c(OC)c1.[Br][Pd+].c1ccc(P(c2ccccc2)c2ccccc2)cc1. The first-order chi connectivity index (χ1) is 16.3. The van der Waals surface area contributed by atoms with E-state index >= 15 is 0 Å². The second-order valence-corrected chi connectivity index (χ2v) is 8.86. The number of methoxy groups -OCH3 is 2. The summed E-state index contributed by atoms with van der Waals surface area (Å²) >= 11 is 5.35. The molecule has 0 atom stereocenters. The Labute approximate surface area is 215 Å². The minimum absolute atomic E-state index is 0.446. The Kier molecular flexibility index (Phi) is 13.0. The molecule has 0 aliphatic carbocycles. The molecule has 3 nitrogen and oxygen atoms in total. The molecule has 4 aromatic rings. The molecule has 0 spiro atoms. The summed E-state index contributed by atoms with van der Waals surface area (Å²) in [6, 6.07) is 38.8. The number of hydrogen-bond donors (Lipinski definition) is 1. The van der Waals surface area contributed by atoms with Crippen LogP contribution in [0.1, 0.15) is 5.56 Å². The molecule has 4 aromatic carbocycles. The third-order valence-electron chi connectivity index (χ3n) is 4.67. The predicted molar refractivity (Wildman–Crippen MR) is 140 cm³/mol. The molecule has 0 aromatic heterocycles. The Morgan fingerprint density at radius 3 is 1.52 bits per heavy atom. The Balaban J connectivity index is 0.000000238. The van der Waals surface area contributed by atoms with E-state index in [0.29, 0.717) is 12.3 Å². The van der Waals surface area contributed by atoms with Crippen molar-refractivity contribution in [2.75, 3.05) is 14.2 Å². The zero-order valence-electron chi connectivity index (χ0n) is 18.6. The fraction of sp³-hybridized carbons (Fsp3) is 0.111. The van der Waals surface area contributed by atoms with Crippen molar-refractivity contribution in [2.24, 2.45) is 5.73 Å². The van der Waals surface area contributed by atoms with Crippen molar-refractivity contribution in [3.05, 3.63) is 115 Å². The van der Waals surface area contributed by atoms with E-state index in [2.05, 4.69) is 128 Å². The minimum atomic E-state index is -0.446. The molecule has 0 bridgehead atoms. The molecule has 0 aliphatic heterocycles. The standard InChI is InChI=1S/C18H15P.C9H12NO2.BrH.Pd/c1-4-10-16(11-5-1)19(17-12-6-2-7-13-17)18-14-8-3-9-15-18;1-11-8-4-3-7(6-10)9(5-8)12-2;;/h1-15H;3,5H,6,10H2,1-2H3;1H;/q;-1;;+2/p-1. The fourth-order valence-electron chi connectivity index (χ4n) is 3.13. The predicted octanol–water partition coefficient (Wildman–Crippen LogP) is 5.25. The van der Waals surface area contributed by atoms with E-state index in [1.54, 1.807) is 26.4 Å². The second kappa shape index (κ2) is 15.8. The Morgan fingerprint density at radius 1 is 0.758 bits per heavy atom. The molecule has 0 saturated heterocycles. The van der Waals surface area contributed by atoms with Crippen LogP contribution in [0.15, 0.2) is 103 Å². The van der Waals surface area contributed by atoms with Gasteiger partial charge in [0.2, 0.25) is 0 Å². The molecule has 33 heavy (non-hydrogen) atoms. The molecule has 174 valence electrons. The summed E-state index contributed by atoms with van der Waals surface area (Å²) in [6.07, 6.45) is 0. The summed E-state index contributed by atoms with van der Waals surface area (Å²) in [5.41, 5.74) is 6.41. The Morgan fingerprint density at radius 2 is 1.18 bits per heavy atom. The zero-order valence-corrected chi connectivity index (χ0v) is 22.6. The van der Waals surface area contributed by atoms with Gasteiger partial charge in [0.15, 0.2) is 0 Å². The van der Waals surface area contributed by atoms with Gasteiger partial charge >= 0.3 is 30.6 Å². The van der Waals surface area contributed by atoms with Gasteiger partial charge in [-0.2, -0.15) is 6.07 Å². The molecule has 6 heteroatoms. The quantitative estimate of drug-likeness (QED) is 0.183. The van der Waals surface area contributed by atoms with Crippen molar-refractivity contribution < 1.29 is 26.7 Å². The van der Waals surface area contributed by atoms with Crippen LogP contribution in [0.4, 0.5) is 0 Å². The maximum Gasteiger partial charge on any atom is -0.0134 e. The molecule has 0 amide bonds. The Hall–Kier alpha value is -1.99. The van der Waals surface area contributed by atoms with Gasteiger partial charge in [-0.25, -0.2) is 0 Å². The average molecular weight is 615 g/mol. The number of benzene rings is 4. The molecule has 0 unspecified atom stereocenters. The maximum absolute atomic E-state index is 5.48. The van der Waals surface area contributed by atoms with Gasteiger partial charge in [-0.1, -0.05) is 97.1 Å². The summed E-state index contributed by atoms with van der Waals surface area (Å²) < 4.78 is 10.1. The van der Waals surface area contributed by atoms with E-state index in [1.807, 2.05) is 0 Å². The monoisotopic (exact) mass is 613 g/mol. The number of ether oxygens (including phenoxy) is 2. The molecular formula is C27H27BrNO2PPd. The van der Waals surface area contributed by atoms with Gasteiger partial charge in [0.25, 0.3) is 0 Å². The second-order valence-electron chi connectivity index (χ2n) is 6.64. The maximum atomic E-state index is 5.48. The van der Waals surface area contributed by atoms with Crippen LogP contribution in [0.25, 0.3) is 0 Å². The first-order valence-corrected chi connectivity index (χ1v) is 15.1. The molecule has 0 saturated carbocycles. The largest absolute Gasteiger partial charge is 0.0622 e. The number of rotatable bonds is 6. The van der Waals surface area contributed by atoms with Crippen LogP contribution in [0, 0.1) is 6.07 Å². The summed E-state index contributed by atoms with van der Waals surface area (Å²) in [7, 11) is 2.75. The summed E-state index contributed by atoms with van der Waals surface area (Å²) in [5, 5.41) is 4.19. The van der Waals surface area contributed by atoms with Crippen molar-refractivity contribution in [3.63, 3.8) is 0 Å². The summed E-state index contributed by atoms with van der Waals surface area (Å²) in [5.74, 6) is 1.40. The van der Waals surface area contributed by atoms with E-state index in [1.165, 1.54) is 15.9 Å². The van der Waals surface area contributed by atoms with Crippen molar-refractivity contribution in [1.82, 2.24) is 0 Å². The summed E-state index contributed by atoms with van der Waals surface area (Å²) in [6.45, 7) is 0.448. The van der Waals surface area contributed by atoms with E-state index < -0.39 is 7.92 Å². The van der Waals surface area contributed by atoms with Crippen LogP contribution in [-0.2, 0) is 23.7 Å². The van der Waals surface area contributed by atoms with E-state index in [0.717, 1.165) is 11.3 Å². The van der Waals surface area contributed by atoms with Gasteiger partial charge in [-0.15, -0.1) is 11.6 Å². The summed E-state index contributed by atoms with van der Waals surface area (Å²) in [4.78, 5) is 0. The molecule has 0 radical (unpaired) electrons. The molecule has 4 rings (SSSR count). The number of nitrogens with two attached hydrogens (primary N) is 1. The van der Waals surface area contributed by atoms with Crippen molar-refractivity contribution >= 4 is 37.3 Å². The minimum Gasteiger partial charge on any atom is -0.0622 e. The molecule has 0 heterocycles. The van der Waals surface area contributed by atoms with E-state index in [9.17, 15) is 0 Å². The third kappa shape index (κ3) is 8.38. The number of halogens is 1.